The molecule has 0 spiro atoms. The number of benzene rings is 1. The Morgan fingerprint density at radius 2 is 1.90 bits per heavy atom. The summed E-state index contributed by atoms with van der Waals surface area (Å²) in [6.45, 7) is 2.83. The van der Waals surface area contributed by atoms with Crippen molar-refractivity contribution < 1.29 is 9.59 Å². The molecule has 1 aliphatic rings. The molecule has 0 saturated carbocycles. The molecule has 5 heteroatoms. The molecule has 2 amide bonds. The second-order valence-corrected chi connectivity index (χ2v) is 5.68. The molecule has 1 aliphatic heterocycles. The summed E-state index contributed by atoms with van der Waals surface area (Å²) < 4.78 is 0. The second kappa shape index (κ2) is 7.22. The first kappa shape index (κ1) is 15.5. The molecule has 2 rings (SSSR count). The van der Waals surface area contributed by atoms with Crippen molar-refractivity contribution in [2.75, 3.05) is 33.7 Å². The fourth-order valence-corrected chi connectivity index (χ4v) is 2.48. The van der Waals surface area contributed by atoms with E-state index in [4.69, 9.17) is 0 Å². The van der Waals surface area contributed by atoms with Gasteiger partial charge in [0.15, 0.2) is 0 Å². The third-order valence-corrected chi connectivity index (χ3v) is 3.80. The first-order valence-electron chi connectivity index (χ1n) is 7.38. The summed E-state index contributed by atoms with van der Waals surface area (Å²) in [5, 5.41) is 6.25. The minimum absolute atomic E-state index is 0.0595. The highest BCUT2D eigenvalue weighted by Gasteiger charge is 2.14. The van der Waals surface area contributed by atoms with Crippen LogP contribution in [0.5, 0.6) is 0 Å². The van der Waals surface area contributed by atoms with Gasteiger partial charge in [-0.15, -0.1) is 0 Å². The maximum atomic E-state index is 12.0. The van der Waals surface area contributed by atoms with Crippen LogP contribution in [-0.4, -0.2) is 50.4 Å². The molecule has 1 aromatic carbocycles. The van der Waals surface area contributed by atoms with Crippen LogP contribution < -0.4 is 10.6 Å². The van der Waals surface area contributed by atoms with Crippen LogP contribution >= 0.6 is 0 Å². The van der Waals surface area contributed by atoms with Crippen LogP contribution in [0.15, 0.2) is 24.3 Å². The Labute approximate surface area is 125 Å². The SMILES string of the molecule is CN(C)C(=O)c1ccc(C(=O)NCCC2CCNC2)cc1. The largest absolute Gasteiger partial charge is 0.352 e. The summed E-state index contributed by atoms with van der Waals surface area (Å²) in [7, 11) is 3.42. The Kier molecular flexibility index (Phi) is 5.33. The minimum atomic E-state index is -0.0789. The van der Waals surface area contributed by atoms with Crippen molar-refractivity contribution >= 4 is 11.8 Å². The fourth-order valence-electron chi connectivity index (χ4n) is 2.48. The van der Waals surface area contributed by atoms with E-state index in [0.29, 0.717) is 23.6 Å². The average Bonchev–Trinajstić information content (AvgIpc) is 2.99. The van der Waals surface area contributed by atoms with Gasteiger partial charge in [-0.2, -0.15) is 0 Å². The van der Waals surface area contributed by atoms with E-state index in [1.54, 1.807) is 38.4 Å². The number of rotatable bonds is 5. The zero-order valence-electron chi connectivity index (χ0n) is 12.7. The van der Waals surface area contributed by atoms with Crippen LogP contribution in [0, 0.1) is 5.92 Å². The average molecular weight is 289 g/mol. The van der Waals surface area contributed by atoms with Gasteiger partial charge in [0.05, 0.1) is 0 Å². The third kappa shape index (κ3) is 4.29. The van der Waals surface area contributed by atoms with E-state index in [0.717, 1.165) is 19.5 Å². The van der Waals surface area contributed by atoms with Crippen molar-refractivity contribution in [2.45, 2.75) is 12.8 Å². The normalized spacial score (nSPS) is 17.5. The maximum Gasteiger partial charge on any atom is 0.253 e. The number of nitrogens with one attached hydrogen (secondary N) is 2. The number of hydrogen-bond donors (Lipinski definition) is 2. The van der Waals surface area contributed by atoms with E-state index in [2.05, 4.69) is 10.6 Å². The molecular formula is C16H23N3O2. The first-order chi connectivity index (χ1) is 10.1. The summed E-state index contributed by atoms with van der Waals surface area (Å²) in [4.78, 5) is 25.3. The number of nitrogens with zero attached hydrogens (tertiary/aromatic N) is 1. The monoisotopic (exact) mass is 289 g/mol. The summed E-state index contributed by atoms with van der Waals surface area (Å²) in [5.41, 5.74) is 1.18. The van der Waals surface area contributed by atoms with Crippen LogP contribution in [0.25, 0.3) is 0 Å². The molecule has 1 unspecified atom stereocenters. The lowest BCUT2D eigenvalue weighted by Gasteiger charge is -2.11. The van der Waals surface area contributed by atoms with Crippen molar-refractivity contribution in [1.29, 1.82) is 0 Å². The number of carbonyl (C=O) groups excluding carboxylic acids is 2. The standard InChI is InChI=1S/C16H23N3O2/c1-19(2)16(21)14-5-3-13(4-6-14)15(20)18-10-8-12-7-9-17-11-12/h3-6,12,17H,7-11H2,1-2H3,(H,18,20). The van der Waals surface area contributed by atoms with Gasteiger partial charge in [0, 0.05) is 31.8 Å². The maximum absolute atomic E-state index is 12.0. The van der Waals surface area contributed by atoms with Crippen molar-refractivity contribution in [1.82, 2.24) is 15.5 Å². The van der Waals surface area contributed by atoms with E-state index < -0.39 is 0 Å². The molecule has 114 valence electrons. The lowest BCUT2D eigenvalue weighted by atomic mass is 10.1. The van der Waals surface area contributed by atoms with E-state index >= 15 is 0 Å². The van der Waals surface area contributed by atoms with Gasteiger partial charge in [-0.1, -0.05) is 0 Å². The van der Waals surface area contributed by atoms with E-state index in [1.165, 1.54) is 11.3 Å². The van der Waals surface area contributed by atoms with Gasteiger partial charge in [0.25, 0.3) is 11.8 Å². The highest BCUT2D eigenvalue weighted by Crippen LogP contribution is 2.11. The van der Waals surface area contributed by atoms with Crippen LogP contribution in [0.3, 0.4) is 0 Å². The second-order valence-electron chi connectivity index (χ2n) is 5.68. The van der Waals surface area contributed by atoms with Crippen LogP contribution in [0.4, 0.5) is 0 Å². The zero-order valence-corrected chi connectivity index (χ0v) is 12.7. The molecule has 5 nitrogen and oxygen atoms in total. The smallest absolute Gasteiger partial charge is 0.253 e. The molecule has 1 saturated heterocycles. The first-order valence-corrected chi connectivity index (χ1v) is 7.38. The topological polar surface area (TPSA) is 61.4 Å². The summed E-state index contributed by atoms with van der Waals surface area (Å²) in [6.07, 6.45) is 2.20. The van der Waals surface area contributed by atoms with Crippen LogP contribution in [0.2, 0.25) is 0 Å². The lowest BCUT2D eigenvalue weighted by Crippen LogP contribution is -2.26. The molecule has 1 heterocycles. The number of hydrogen-bond acceptors (Lipinski definition) is 3. The van der Waals surface area contributed by atoms with Gasteiger partial charge in [0.1, 0.15) is 0 Å². The molecule has 1 aromatic rings. The molecule has 21 heavy (non-hydrogen) atoms. The van der Waals surface area contributed by atoms with Crippen molar-refractivity contribution in [2.24, 2.45) is 5.92 Å². The van der Waals surface area contributed by atoms with Gasteiger partial charge in [0.2, 0.25) is 0 Å². The Hall–Kier alpha value is -1.88. The van der Waals surface area contributed by atoms with Gasteiger partial charge < -0.3 is 15.5 Å². The Balaban J connectivity index is 1.83. The zero-order chi connectivity index (χ0) is 15.2. The van der Waals surface area contributed by atoms with Gasteiger partial charge in [-0.25, -0.2) is 0 Å². The molecule has 0 aromatic heterocycles. The predicted octanol–water partition coefficient (Wildman–Crippen LogP) is 1.12. The Bertz CT molecular complexity index is 491. The van der Waals surface area contributed by atoms with Gasteiger partial charge in [-0.05, 0) is 56.1 Å². The number of carbonyl (C=O) groups is 2. The summed E-state index contributed by atoms with van der Waals surface area (Å²) in [6, 6.07) is 6.78. The summed E-state index contributed by atoms with van der Waals surface area (Å²) in [5.74, 6) is 0.533. The summed E-state index contributed by atoms with van der Waals surface area (Å²) >= 11 is 0. The third-order valence-electron chi connectivity index (χ3n) is 3.80. The molecule has 1 atom stereocenters. The van der Waals surface area contributed by atoms with Crippen molar-refractivity contribution in [3.63, 3.8) is 0 Å². The molecule has 0 radical (unpaired) electrons. The van der Waals surface area contributed by atoms with E-state index in [1.807, 2.05) is 0 Å². The van der Waals surface area contributed by atoms with Crippen LogP contribution in [0.1, 0.15) is 33.6 Å². The van der Waals surface area contributed by atoms with Crippen LogP contribution in [-0.2, 0) is 0 Å². The minimum Gasteiger partial charge on any atom is -0.352 e. The lowest BCUT2D eigenvalue weighted by molar-refractivity contribution is 0.0826. The Morgan fingerprint density at radius 1 is 1.24 bits per heavy atom. The van der Waals surface area contributed by atoms with Crippen molar-refractivity contribution in [3.8, 4) is 0 Å². The number of amides is 2. The van der Waals surface area contributed by atoms with Gasteiger partial charge in [-0.3, -0.25) is 9.59 Å². The quantitative estimate of drug-likeness (QED) is 0.854. The molecule has 0 aliphatic carbocycles. The van der Waals surface area contributed by atoms with Crippen molar-refractivity contribution in [3.05, 3.63) is 35.4 Å². The molecule has 1 fully saturated rings. The molecule has 2 N–H and O–H groups in total. The highest BCUT2D eigenvalue weighted by atomic mass is 16.2. The van der Waals surface area contributed by atoms with E-state index in [-0.39, 0.29) is 11.8 Å². The molecule has 0 bridgehead atoms. The molecular weight excluding hydrogens is 266 g/mol. The predicted molar refractivity (Wildman–Crippen MR) is 82.4 cm³/mol. The van der Waals surface area contributed by atoms with E-state index in [9.17, 15) is 9.59 Å². The fraction of sp³-hybridized carbons (Fsp3) is 0.500. The highest BCUT2D eigenvalue weighted by molar-refractivity contribution is 5.97. The Morgan fingerprint density at radius 3 is 2.48 bits per heavy atom. The van der Waals surface area contributed by atoms with Gasteiger partial charge >= 0.3 is 0 Å².